The number of rotatable bonds is 16. The quantitative estimate of drug-likeness (QED) is 0.217. The summed E-state index contributed by atoms with van der Waals surface area (Å²) < 4.78 is 1.14. The fourth-order valence-corrected chi connectivity index (χ4v) is 3.53. The Bertz CT molecular complexity index is 200. The zero-order valence-electron chi connectivity index (χ0n) is 16.6. The van der Waals surface area contributed by atoms with Gasteiger partial charge in [0, 0.05) is 5.92 Å². The molecule has 0 heterocycles. The zero-order chi connectivity index (χ0) is 16.7. The minimum atomic E-state index is 0.956. The molecule has 0 N–H and O–H groups in total. The second-order valence-electron chi connectivity index (χ2n) is 8.45. The summed E-state index contributed by atoms with van der Waals surface area (Å²) in [6.07, 6.45) is 20.2. The van der Waals surface area contributed by atoms with E-state index in [1.807, 2.05) is 0 Å². The number of unbranched alkanes of at least 4 members (excludes halogenated alkanes) is 10. The van der Waals surface area contributed by atoms with Crippen molar-refractivity contribution in [3.05, 3.63) is 0 Å². The fourth-order valence-electron chi connectivity index (χ4n) is 3.53. The van der Waals surface area contributed by atoms with Crippen molar-refractivity contribution in [2.75, 3.05) is 27.7 Å². The van der Waals surface area contributed by atoms with Crippen LogP contribution in [0.25, 0.3) is 0 Å². The van der Waals surface area contributed by atoms with Crippen LogP contribution in [0.15, 0.2) is 0 Å². The van der Waals surface area contributed by atoms with Gasteiger partial charge < -0.3 is 4.48 Å². The van der Waals surface area contributed by atoms with Gasteiger partial charge in [0.2, 0.25) is 0 Å². The molecule has 0 aliphatic carbocycles. The second kappa shape index (κ2) is 14.5. The number of hydrogen-bond acceptors (Lipinski definition) is 0. The van der Waals surface area contributed by atoms with Gasteiger partial charge in [0.15, 0.2) is 0 Å². The van der Waals surface area contributed by atoms with E-state index in [4.69, 9.17) is 0 Å². The van der Waals surface area contributed by atoms with Crippen LogP contribution in [0, 0.1) is 5.92 Å². The van der Waals surface area contributed by atoms with Crippen LogP contribution in [0.3, 0.4) is 0 Å². The van der Waals surface area contributed by atoms with E-state index >= 15 is 0 Å². The molecule has 0 rings (SSSR count). The molecule has 1 nitrogen and oxygen atoms in total. The predicted molar refractivity (Wildman–Crippen MR) is 102 cm³/mol. The highest BCUT2D eigenvalue weighted by Crippen LogP contribution is 2.21. The van der Waals surface area contributed by atoms with E-state index in [0.717, 1.165) is 10.4 Å². The van der Waals surface area contributed by atoms with E-state index in [1.165, 1.54) is 96.4 Å². The van der Waals surface area contributed by atoms with E-state index in [2.05, 4.69) is 35.0 Å². The molecule has 1 heteroatoms. The van der Waals surface area contributed by atoms with Crippen molar-refractivity contribution >= 4 is 0 Å². The molecule has 0 aromatic carbocycles. The molecule has 22 heavy (non-hydrogen) atoms. The highest BCUT2D eigenvalue weighted by Gasteiger charge is 2.17. The summed E-state index contributed by atoms with van der Waals surface area (Å²) in [5.41, 5.74) is 0. The van der Waals surface area contributed by atoms with Gasteiger partial charge >= 0.3 is 0 Å². The summed E-state index contributed by atoms with van der Waals surface area (Å²) in [5, 5.41) is 0. The molecule has 0 radical (unpaired) electrons. The lowest BCUT2D eigenvalue weighted by atomic mass is 9.93. The van der Waals surface area contributed by atoms with Gasteiger partial charge in [-0.25, -0.2) is 0 Å². The Kier molecular flexibility index (Phi) is 14.5. The summed E-state index contributed by atoms with van der Waals surface area (Å²) in [4.78, 5) is 0. The van der Waals surface area contributed by atoms with Crippen molar-refractivity contribution in [3.63, 3.8) is 0 Å². The maximum atomic E-state index is 2.36. The van der Waals surface area contributed by atoms with Crippen molar-refractivity contribution in [2.45, 2.75) is 104 Å². The van der Waals surface area contributed by atoms with Gasteiger partial charge in [-0.05, 0) is 12.8 Å². The van der Waals surface area contributed by atoms with Crippen LogP contribution in [0.2, 0.25) is 0 Å². The van der Waals surface area contributed by atoms with Crippen LogP contribution >= 0.6 is 0 Å². The maximum Gasteiger partial charge on any atom is 0.0809 e. The van der Waals surface area contributed by atoms with E-state index in [-0.39, 0.29) is 0 Å². The first-order valence-corrected chi connectivity index (χ1v) is 10.3. The molecule has 0 unspecified atom stereocenters. The first-order chi connectivity index (χ1) is 10.5. The molecule has 0 saturated carbocycles. The average molecular weight is 313 g/mol. The number of hydrogen-bond donors (Lipinski definition) is 0. The van der Waals surface area contributed by atoms with Gasteiger partial charge in [0.25, 0.3) is 0 Å². The Morgan fingerprint density at radius 1 is 0.545 bits per heavy atom. The maximum absolute atomic E-state index is 2.36. The number of nitrogens with zero attached hydrogens (tertiary/aromatic N) is 1. The van der Waals surface area contributed by atoms with Crippen molar-refractivity contribution in [1.82, 2.24) is 0 Å². The molecule has 0 aliphatic heterocycles. The zero-order valence-corrected chi connectivity index (χ0v) is 16.6. The monoisotopic (exact) mass is 312 g/mol. The summed E-state index contributed by atoms with van der Waals surface area (Å²) in [6, 6.07) is 0. The van der Waals surface area contributed by atoms with Crippen LogP contribution in [0.4, 0.5) is 0 Å². The first kappa shape index (κ1) is 22.0. The fraction of sp³-hybridized carbons (Fsp3) is 1.00. The topological polar surface area (TPSA) is 0 Å². The molecule has 0 atom stereocenters. The van der Waals surface area contributed by atoms with Crippen molar-refractivity contribution < 1.29 is 4.48 Å². The largest absolute Gasteiger partial charge is 0.331 e. The molecule has 134 valence electrons. The Morgan fingerprint density at radius 3 is 1.27 bits per heavy atom. The minimum absolute atomic E-state index is 0.956. The lowest BCUT2D eigenvalue weighted by molar-refractivity contribution is -0.874. The third-order valence-corrected chi connectivity index (χ3v) is 4.74. The minimum Gasteiger partial charge on any atom is -0.331 e. The highest BCUT2D eigenvalue weighted by molar-refractivity contribution is 4.60. The van der Waals surface area contributed by atoms with Crippen LogP contribution in [0.5, 0.6) is 0 Å². The molecular weight excluding hydrogens is 266 g/mol. The Balaban J connectivity index is 3.80. The van der Waals surface area contributed by atoms with Gasteiger partial charge in [-0.3, -0.25) is 0 Å². The molecule has 0 fully saturated rings. The van der Waals surface area contributed by atoms with E-state index in [1.54, 1.807) is 0 Å². The highest BCUT2D eigenvalue weighted by atomic mass is 15.3. The molecule has 0 bridgehead atoms. The Hall–Kier alpha value is -0.0400. The third-order valence-electron chi connectivity index (χ3n) is 4.74. The van der Waals surface area contributed by atoms with Crippen LogP contribution in [-0.2, 0) is 0 Å². The predicted octanol–water partition coefficient (Wildman–Crippen LogP) is 6.81. The van der Waals surface area contributed by atoms with Crippen molar-refractivity contribution in [3.8, 4) is 0 Å². The van der Waals surface area contributed by atoms with Gasteiger partial charge in [-0.15, -0.1) is 0 Å². The third kappa shape index (κ3) is 16.3. The normalized spacial score (nSPS) is 12.3. The smallest absolute Gasteiger partial charge is 0.0809 e. The van der Waals surface area contributed by atoms with Gasteiger partial charge in [-0.2, -0.15) is 0 Å². The summed E-state index contributed by atoms with van der Waals surface area (Å²) in [6.45, 7) is 5.97. The van der Waals surface area contributed by atoms with Crippen molar-refractivity contribution in [2.24, 2.45) is 5.92 Å². The molecule has 0 spiro atoms. The second-order valence-corrected chi connectivity index (χ2v) is 8.45. The van der Waals surface area contributed by atoms with Crippen LogP contribution in [-0.4, -0.2) is 32.2 Å². The molecule has 0 aliphatic rings. The molecule has 0 saturated heterocycles. The number of quaternary nitrogens is 1. The SMILES string of the molecule is CCCCCCCCC(CCCCCCCC)C[N+](C)(C)C. The lowest BCUT2D eigenvalue weighted by Gasteiger charge is -2.29. The van der Waals surface area contributed by atoms with E-state index < -0.39 is 0 Å². The van der Waals surface area contributed by atoms with Gasteiger partial charge in [0.05, 0.1) is 27.7 Å². The lowest BCUT2D eigenvalue weighted by Crippen LogP contribution is -2.39. The Labute approximate surface area is 142 Å². The summed E-state index contributed by atoms with van der Waals surface area (Å²) >= 11 is 0. The Morgan fingerprint density at radius 2 is 0.909 bits per heavy atom. The van der Waals surface area contributed by atoms with Crippen LogP contribution in [0.1, 0.15) is 104 Å². The molecule has 0 aromatic heterocycles. The average Bonchev–Trinajstić information content (AvgIpc) is 2.44. The van der Waals surface area contributed by atoms with Gasteiger partial charge in [0.1, 0.15) is 0 Å². The van der Waals surface area contributed by atoms with Gasteiger partial charge in [-0.1, -0.05) is 90.9 Å². The molecular formula is C21H46N+. The van der Waals surface area contributed by atoms with Crippen LogP contribution < -0.4 is 0 Å². The van der Waals surface area contributed by atoms with E-state index in [9.17, 15) is 0 Å². The summed E-state index contributed by atoms with van der Waals surface area (Å²) in [5.74, 6) is 0.956. The molecule has 0 amide bonds. The summed E-state index contributed by atoms with van der Waals surface area (Å²) in [7, 11) is 7.07. The molecule has 0 aromatic rings. The van der Waals surface area contributed by atoms with E-state index in [0.29, 0.717) is 0 Å². The van der Waals surface area contributed by atoms with Crippen molar-refractivity contribution in [1.29, 1.82) is 0 Å². The first-order valence-electron chi connectivity index (χ1n) is 10.3. The standard InChI is InChI=1S/C21H46N/c1-6-8-10-12-14-16-18-21(20-22(3,4)5)19-17-15-13-11-9-7-2/h21H,6-20H2,1-5H3/q+1.